The summed E-state index contributed by atoms with van der Waals surface area (Å²) in [5.41, 5.74) is 1.53. The topological polar surface area (TPSA) is 104 Å². The van der Waals surface area contributed by atoms with Gasteiger partial charge in [0.1, 0.15) is 5.82 Å². The molecular weight excluding hydrogens is 256 g/mol. The molecule has 0 saturated heterocycles. The molecule has 20 heavy (non-hydrogen) atoms. The molecule has 0 saturated carbocycles. The highest BCUT2D eigenvalue weighted by Crippen LogP contribution is 2.20. The second kappa shape index (κ2) is 5.47. The van der Waals surface area contributed by atoms with Gasteiger partial charge in [0.2, 0.25) is 5.95 Å². The first kappa shape index (κ1) is 12.3. The molecule has 0 radical (unpaired) electrons. The van der Waals surface area contributed by atoms with Crippen molar-refractivity contribution in [2.75, 3.05) is 17.2 Å². The highest BCUT2D eigenvalue weighted by Gasteiger charge is 2.09. The first-order valence-corrected chi connectivity index (χ1v) is 6.32. The number of nitrogens with zero attached hydrogens (tertiary/aromatic N) is 5. The number of rotatable bonds is 5. The average molecular weight is 270 g/mol. The number of anilines is 2. The van der Waals surface area contributed by atoms with Gasteiger partial charge in [-0.3, -0.25) is 5.10 Å². The third kappa shape index (κ3) is 2.48. The van der Waals surface area contributed by atoms with Gasteiger partial charge in [0.25, 0.3) is 0 Å². The third-order valence-electron chi connectivity index (χ3n) is 2.71. The monoisotopic (exact) mass is 270 g/mol. The molecule has 3 N–H and O–H groups in total. The van der Waals surface area contributed by atoms with E-state index in [2.05, 4.69) is 41.0 Å². The van der Waals surface area contributed by atoms with Gasteiger partial charge in [-0.05, 0) is 19.1 Å². The standard InChI is InChI=1S/C12H14N8/c1-2-13-12-17-10(9-7-16-20-11(9)18-12)14-6-8-4-3-5-15-19-8/h3-5,7H,2,6H2,1H3,(H3,13,14,16,17,18,20). The van der Waals surface area contributed by atoms with Crippen LogP contribution in [0.3, 0.4) is 0 Å². The minimum Gasteiger partial charge on any atom is -0.364 e. The molecule has 0 spiro atoms. The van der Waals surface area contributed by atoms with Crippen LogP contribution in [0.5, 0.6) is 0 Å². The summed E-state index contributed by atoms with van der Waals surface area (Å²) in [5, 5.41) is 21.9. The molecule has 8 heteroatoms. The Morgan fingerprint density at radius 2 is 2.20 bits per heavy atom. The lowest BCUT2D eigenvalue weighted by molar-refractivity contribution is 0.921. The van der Waals surface area contributed by atoms with Crippen LogP contribution in [0.4, 0.5) is 11.8 Å². The smallest absolute Gasteiger partial charge is 0.226 e. The molecule has 8 nitrogen and oxygen atoms in total. The Labute approximate surface area is 115 Å². The van der Waals surface area contributed by atoms with Crippen LogP contribution in [0.15, 0.2) is 24.5 Å². The Morgan fingerprint density at radius 3 is 3.00 bits per heavy atom. The summed E-state index contributed by atoms with van der Waals surface area (Å²) in [6.45, 7) is 3.28. The fourth-order valence-electron chi connectivity index (χ4n) is 1.81. The van der Waals surface area contributed by atoms with Gasteiger partial charge in [0.05, 0.1) is 23.8 Å². The number of hydrogen-bond donors (Lipinski definition) is 3. The first-order chi connectivity index (χ1) is 9.86. The molecule has 0 atom stereocenters. The third-order valence-corrected chi connectivity index (χ3v) is 2.71. The molecule has 0 aromatic carbocycles. The number of hydrogen-bond acceptors (Lipinski definition) is 7. The van der Waals surface area contributed by atoms with Crippen molar-refractivity contribution in [2.45, 2.75) is 13.5 Å². The Bertz CT molecular complexity index is 693. The number of H-pyrrole nitrogens is 1. The maximum atomic E-state index is 4.44. The Balaban J connectivity index is 1.87. The van der Waals surface area contributed by atoms with Gasteiger partial charge in [-0.1, -0.05) is 0 Å². The minimum atomic E-state index is 0.538. The highest BCUT2D eigenvalue weighted by atomic mass is 15.2. The van der Waals surface area contributed by atoms with E-state index in [0.717, 1.165) is 17.6 Å². The van der Waals surface area contributed by atoms with Crippen LogP contribution in [0, 0.1) is 0 Å². The largest absolute Gasteiger partial charge is 0.364 e. The Hall–Kier alpha value is -2.77. The van der Waals surface area contributed by atoms with E-state index in [0.29, 0.717) is 24.0 Å². The molecule has 0 unspecified atom stereocenters. The summed E-state index contributed by atoms with van der Waals surface area (Å²) in [5.74, 6) is 1.27. The summed E-state index contributed by atoms with van der Waals surface area (Å²) in [6, 6.07) is 3.75. The van der Waals surface area contributed by atoms with Crippen molar-refractivity contribution in [3.05, 3.63) is 30.2 Å². The number of fused-ring (bicyclic) bond motifs is 1. The molecule has 3 aromatic heterocycles. The summed E-state index contributed by atoms with van der Waals surface area (Å²) in [7, 11) is 0. The molecule has 0 aliphatic rings. The van der Waals surface area contributed by atoms with E-state index in [4.69, 9.17) is 0 Å². The van der Waals surface area contributed by atoms with Crippen molar-refractivity contribution in [3.8, 4) is 0 Å². The number of nitrogens with one attached hydrogen (secondary N) is 3. The van der Waals surface area contributed by atoms with Gasteiger partial charge >= 0.3 is 0 Å². The SMILES string of the molecule is CCNc1nc(NCc2cccnn2)c2cn[nH]c2n1. The van der Waals surface area contributed by atoms with E-state index in [1.54, 1.807) is 12.4 Å². The second-order valence-electron chi connectivity index (χ2n) is 4.13. The fraction of sp³-hybridized carbons (Fsp3) is 0.250. The van der Waals surface area contributed by atoms with Crippen molar-refractivity contribution in [1.82, 2.24) is 30.4 Å². The lowest BCUT2D eigenvalue weighted by atomic mass is 10.3. The molecule has 3 heterocycles. The minimum absolute atomic E-state index is 0.538. The van der Waals surface area contributed by atoms with Crippen molar-refractivity contribution in [3.63, 3.8) is 0 Å². The van der Waals surface area contributed by atoms with Crippen LogP contribution >= 0.6 is 0 Å². The van der Waals surface area contributed by atoms with Gasteiger partial charge in [0, 0.05) is 12.7 Å². The van der Waals surface area contributed by atoms with Crippen LogP contribution in [-0.4, -0.2) is 36.9 Å². The molecule has 102 valence electrons. The Kier molecular flexibility index (Phi) is 3.36. The van der Waals surface area contributed by atoms with Crippen LogP contribution < -0.4 is 10.6 Å². The van der Waals surface area contributed by atoms with Gasteiger partial charge in [-0.15, -0.1) is 0 Å². The molecule has 0 aliphatic heterocycles. The lowest BCUT2D eigenvalue weighted by Crippen LogP contribution is -2.08. The highest BCUT2D eigenvalue weighted by molar-refractivity contribution is 5.86. The molecule has 3 rings (SSSR count). The molecule has 0 fully saturated rings. The molecule has 0 aliphatic carbocycles. The second-order valence-corrected chi connectivity index (χ2v) is 4.13. The summed E-state index contributed by atoms with van der Waals surface area (Å²) < 4.78 is 0. The molecule has 0 amide bonds. The maximum Gasteiger partial charge on any atom is 0.226 e. The average Bonchev–Trinajstić information content (AvgIpc) is 2.95. The molecule has 0 bridgehead atoms. The van der Waals surface area contributed by atoms with E-state index in [1.807, 2.05) is 19.1 Å². The van der Waals surface area contributed by atoms with E-state index in [9.17, 15) is 0 Å². The quantitative estimate of drug-likeness (QED) is 0.639. The van der Waals surface area contributed by atoms with Crippen LogP contribution in [0.25, 0.3) is 11.0 Å². The Morgan fingerprint density at radius 1 is 1.25 bits per heavy atom. The van der Waals surface area contributed by atoms with Crippen LogP contribution in [-0.2, 0) is 6.54 Å². The first-order valence-electron chi connectivity index (χ1n) is 6.32. The summed E-state index contributed by atoms with van der Waals surface area (Å²) >= 11 is 0. The zero-order valence-electron chi connectivity index (χ0n) is 11.0. The van der Waals surface area contributed by atoms with Crippen molar-refractivity contribution >= 4 is 22.8 Å². The maximum absolute atomic E-state index is 4.44. The van der Waals surface area contributed by atoms with E-state index in [1.165, 1.54) is 0 Å². The van der Waals surface area contributed by atoms with Gasteiger partial charge in [-0.25, -0.2) is 0 Å². The van der Waals surface area contributed by atoms with Crippen LogP contribution in [0.2, 0.25) is 0 Å². The molecular formula is C12H14N8. The van der Waals surface area contributed by atoms with E-state index >= 15 is 0 Å². The van der Waals surface area contributed by atoms with Crippen molar-refractivity contribution in [2.24, 2.45) is 0 Å². The number of aromatic amines is 1. The van der Waals surface area contributed by atoms with Gasteiger partial charge in [-0.2, -0.15) is 25.3 Å². The van der Waals surface area contributed by atoms with E-state index in [-0.39, 0.29) is 0 Å². The van der Waals surface area contributed by atoms with Crippen LogP contribution in [0.1, 0.15) is 12.6 Å². The fourth-order valence-corrected chi connectivity index (χ4v) is 1.81. The number of aromatic nitrogens is 6. The predicted molar refractivity (Wildman–Crippen MR) is 75.2 cm³/mol. The van der Waals surface area contributed by atoms with E-state index < -0.39 is 0 Å². The summed E-state index contributed by atoms with van der Waals surface area (Å²) in [6.07, 6.45) is 3.34. The lowest BCUT2D eigenvalue weighted by Gasteiger charge is -2.08. The zero-order valence-corrected chi connectivity index (χ0v) is 11.0. The predicted octanol–water partition coefficient (Wildman–Crippen LogP) is 1.19. The molecule has 3 aromatic rings. The van der Waals surface area contributed by atoms with Gasteiger partial charge < -0.3 is 10.6 Å². The zero-order chi connectivity index (χ0) is 13.8. The summed E-state index contributed by atoms with van der Waals surface area (Å²) in [4.78, 5) is 8.77. The van der Waals surface area contributed by atoms with Crippen molar-refractivity contribution < 1.29 is 0 Å². The normalized spacial score (nSPS) is 10.7. The van der Waals surface area contributed by atoms with Gasteiger partial charge in [0.15, 0.2) is 5.65 Å². The van der Waals surface area contributed by atoms with Crippen molar-refractivity contribution in [1.29, 1.82) is 0 Å².